The number of aromatic nitrogens is 2. The van der Waals surface area contributed by atoms with Crippen molar-refractivity contribution >= 4 is 28.8 Å². The highest BCUT2D eigenvalue weighted by Gasteiger charge is 2.32. The molecule has 0 bridgehead atoms. The van der Waals surface area contributed by atoms with Gasteiger partial charge in [-0.3, -0.25) is 14.4 Å². The summed E-state index contributed by atoms with van der Waals surface area (Å²) in [7, 11) is 1.79. The second-order valence-corrected chi connectivity index (χ2v) is 8.19. The predicted octanol–water partition coefficient (Wildman–Crippen LogP) is 1.43. The maximum Gasteiger partial charge on any atom is 0.227 e. The second-order valence-electron chi connectivity index (χ2n) is 8.19. The molecule has 1 atom stereocenters. The zero-order chi connectivity index (χ0) is 21.1. The Bertz CT molecular complexity index is 942. The molecule has 0 aliphatic carbocycles. The minimum absolute atomic E-state index is 0.0422. The number of fused-ring (bicyclic) bond motifs is 1. The average molecular weight is 413 g/mol. The summed E-state index contributed by atoms with van der Waals surface area (Å²) in [6, 6.07) is 5.60. The highest BCUT2D eigenvalue weighted by molar-refractivity contribution is 5.84. The highest BCUT2D eigenvalue weighted by atomic mass is 16.6. The Hall–Kier alpha value is -2.97. The number of rotatable bonds is 7. The molecule has 2 aliphatic rings. The molecule has 9 heteroatoms. The van der Waals surface area contributed by atoms with E-state index in [1.165, 1.54) is 0 Å². The monoisotopic (exact) mass is 413 g/mol. The van der Waals surface area contributed by atoms with Gasteiger partial charge in [-0.05, 0) is 47.3 Å². The number of carbonyl (C=O) groups excluding carboxylic acids is 3. The van der Waals surface area contributed by atoms with Crippen molar-refractivity contribution in [2.24, 2.45) is 5.92 Å². The summed E-state index contributed by atoms with van der Waals surface area (Å²) < 4.78 is 4.72. The van der Waals surface area contributed by atoms with Gasteiger partial charge in [-0.25, -0.2) is 4.63 Å². The third kappa shape index (κ3) is 4.44. The van der Waals surface area contributed by atoms with Gasteiger partial charge < -0.3 is 14.7 Å². The Kier molecular flexibility index (Phi) is 5.96. The van der Waals surface area contributed by atoms with E-state index in [0.717, 1.165) is 24.9 Å². The van der Waals surface area contributed by atoms with Gasteiger partial charge in [0.15, 0.2) is 0 Å². The largest absolute Gasteiger partial charge is 0.343 e. The van der Waals surface area contributed by atoms with Crippen LogP contribution in [0, 0.1) is 5.92 Å². The number of benzene rings is 1. The number of likely N-dealkylation sites (tertiary alicyclic amines) is 2. The third-order valence-corrected chi connectivity index (χ3v) is 5.99. The molecule has 2 fully saturated rings. The highest BCUT2D eigenvalue weighted by Crippen LogP contribution is 2.21. The van der Waals surface area contributed by atoms with Gasteiger partial charge in [0.1, 0.15) is 11.0 Å². The Morgan fingerprint density at radius 3 is 2.70 bits per heavy atom. The molecule has 160 valence electrons. The van der Waals surface area contributed by atoms with E-state index in [9.17, 15) is 14.4 Å². The normalized spacial score (nSPS) is 19.7. The average Bonchev–Trinajstić information content (AvgIpc) is 3.37. The molecule has 0 spiro atoms. The topological polar surface area (TPSA) is 99.8 Å². The SMILES string of the molecule is CN(Cc1ccc2nonc2c1)C(=O)C1CCC(=O)N(CCCN2CCCC2=O)C1. The summed E-state index contributed by atoms with van der Waals surface area (Å²) in [6.07, 6.45) is 3.27. The quantitative estimate of drug-likeness (QED) is 0.681. The van der Waals surface area contributed by atoms with Gasteiger partial charge >= 0.3 is 0 Å². The van der Waals surface area contributed by atoms with Crippen LogP contribution in [0.1, 0.15) is 37.7 Å². The van der Waals surface area contributed by atoms with E-state index in [-0.39, 0.29) is 23.6 Å². The maximum absolute atomic E-state index is 13.0. The van der Waals surface area contributed by atoms with Crippen LogP contribution >= 0.6 is 0 Å². The molecule has 1 aromatic heterocycles. The molecule has 30 heavy (non-hydrogen) atoms. The Morgan fingerprint density at radius 1 is 1.13 bits per heavy atom. The van der Waals surface area contributed by atoms with E-state index in [4.69, 9.17) is 4.63 Å². The van der Waals surface area contributed by atoms with Gasteiger partial charge in [0.05, 0.1) is 5.92 Å². The summed E-state index contributed by atoms with van der Waals surface area (Å²) >= 11 is 0. The summed E-state index contributed by atoms with van der Waals surface area (Å²) in [5.41, 5.74) is 2.30. The van der Waals surface area contributed by atoms with Crippen molar-refractivity contribution in [2.75, 3.05) is 33.2 Å². The van der Waals surface area contributed by atoms with Crippen molar-refractivity contribution in [3.63, 3.8) is 0 Å². The number of carbonyl (C=O) groups is 3. The van der Waals surface area contributed by atoms with Crippen molar-refractivity contribution < 1.29 is 19.0 Å². The molecule has 0 radical (unpaired) electrons. The van der Waals surface area contributed by atoms with Crippen LogP contribution in [0.2, 0.25) is 0 Å². The minimum Gasteiger partial charge on any atom is -0.343 e. The van der Waals surface area contributed by atoms with Crippen LogP contribution in [0.3, 0.4) is 0 Å². The fourth-order valence-corrected chi connectivity index (χ4v) is 4.31. The van der Waals surface area contributed by atoms with E-state index in [1.54, 1.807) is 16.8 Å². The fourth-order valence-electron chi connectivity index (χ4n) is 4.31. The summed E-state index contributed by atoms with van der Waals surface area (Å²) in [6.45, 7) is 2.99. The van der Waals surface area contributed by atoms with Crippen LogP contribution < -0.4 is 0 Å². The zero-order valence-corrected chi connectivity index (χ0v) is 17.2. The van der Waals surface area contributed by atoms with Crippen molar-refractivity contribution in [1.82, 2.24) is 25.0 Å². The van der Waals surface area contributed by atoms with Crippen molar-refractivity contribution in [1.29, 1.82) is 0 Å². The number of piperidine rings is 1. The first-order valence-electron chi connectivity index (χ1n) is 10.5. The first-order chi connectivity index (χ1) is 14.5. The number of hydrogen-bond donors (Lipinski definition) is 0. The third-order valence-electron chi connectivity index (χ3n) is 5.99. The molecule has 2 aliphatic heterocycles. The van der Waals surface area contributed by atoms with Crippen molar-refractivity contribution in [3.05, 3.63) is 23.8 Å². The summed E-state index contributed by atoms with van der Waals surface area (Å²) in [5, 5.41) is 7.63. The standard InChI is InChI=1S/C21H27N5O4/c1-24(13-15-5-7-17-18(12-15)23-30-22-17)21(29)16-6-8-20(28)26(14-16)11-3-10-25-9-2-4-19(25)27/h5,7,12,16H,2-4,6,8-11,13-14H2,1H3. The van der Waals surface area contributed by atoms with Crippen LogP contribution in [0.25, 0.3) is 11.0 Å². The lowest BCUT2D eigenvalue weighted by Crippen LogP contribution is -2.46. The molecule has 3 heterocycles. The van der Waals surface area contributed by atoms with Crippen LogP contribution in [-0.4, -0.2) is 76.0 Å². The molecule has 2 saturated heterocycles. The lowest BCUT2D eigenvalue weighted by Gasteiger charge is -2.34. The van der Waals surface area contributed by atoms with E-state index < -0.39 is 0 Å². The van der Waals surface area contributed by atoms with Crippen LogP contribution in [-0.2, 0) is 20.9 Å². The van der Waals surface area contributed by atoms with Crippen LogP contribution in [0.4, 0.5) is 0 Å². The van der Waals surface area contributed by atoms with Crippen LogP contribution in [0.5, 0.6) is 0 Å². The summed E-state index contributed by atoms with van der Waals surface area (Å²) in [4.78, 5) is 42.4. The Balaban J connectivity index is 1.30. The first kappa shape index (κ1) is 20.3. The van der Waals surface area contributed by atoms with Gasteiger partial charge in [0.2, 0.25) is 17.7 Å². The molecule has 9 nitrogen and oxygen atoms in total. The Labute approximate surface area is 174 Å². The molecular formula is C21H27N5O4. The molecule has 1 unspecified atom stereocenters. The Morgan fingerprint density at radius 2 is 1.90 bits per heavy atom. The van der Waals surface area contributed by atoms with E-state index in [2.05, 4.69) is 10.3 Å². The number of hydrogen-bond acceptors (Lipinski definition) is 6. The predicted molar refractivity (Wildman–Crippen MR) is 108 cm³/mol. The molecule has 3 amide bonds. The van der Waals surface area contributed by atoms with Gasteiger partial charge in [-0.1, -0.05) is 6.07 Å². The zero-order valence-electron chi connectivity index (χ0n) is 17.2. The van der Waals surface area contributed by atoms with Crippen molar-refractivity contribution in [3.8, 4) is 0 Å². The second kappa shape index (κ2) is 8.81. The molecule has 4 rings (SSSR count). The molecule has 2 aromatic rings. The van der Waals surface area contributed by atoms with E-state index in [1.807, 2.05) is 23.1 Å². The molecule has 1 aromatic carbocycles. The van der Waals surface area contributed by atoms with Gasteiger partial charge in [0, 0.05) is 52.6 Å². The van der Waals surface area contributed by atoms with Gasteiger partial charge in [-0.15, -0.1) is 0 Å². The van der Waals surface area contributed by atoms with Crippen LogP contribution in [0.15, 0.2) is 22.8 Å². The van der Waals surface area contributed by atoms with Gasteiger partial charge in [0.25, 0.3) is 0 Å². The molecule has 0 N–H and O–H groups in total. The number of nitrogens with zero attached hydrogens (tertiary/aromatic N) is 5. The molecule has 0 saturated carbocycles. The molecular weight excluding hydrogens is 386 g/mol. The van der Waals surface area contributed by atoms with Gasteiger partial charge in [-0.2, -0.15) is 0 Å². The smallest absolute Gasteiger partial charge is 0.227 e. The minimum atomic E-state index is -0.196. The lowest BCUT2D eigenvalue weighted by molar-refractivity contribution is -0.142. The fraction of sp³-hybridized carbons (Fsp3) is 0.571. The van der Waals surface area contributed by atoms with E-state index >= 15 is 0 Å². The van der Waals surface area contributed by atoms with Crippen molar-refractivity contribution in [2.45, 2.75) is 38.6 Å². The summed E-state index contributed by atoms with van der Waals surface area (Å²) in [5.74, 6) is 0.145. The van der Waals surface area contributed by atoms with E-state index in [0.29, 0.717) is 56.5 Å². The maximum atomic E-state index is 13.0. The number of amides is 3. The lowest BCUT2D eigenvalue weighted by atomic mass is 9.95. The first-order valence-corrected chi connectivity index (χ1v) is 10.5.